The van der Waals surface area contributed by atoms with E-state index >= 15 is 0 Å². The number of rotatable bonds is 22. The molecule has 4 amide bonds. The van der Waals surface area contributed by atoms with E-state index in [1.807, 2.05) is 35.9 Å². The minimum absolute atomic E-state index is 0.0598. The summed E-state index contributed by atoms with van der Waals surface area (Å²) in [4.78, 5) is 67.1. The molecule has 2 fully saturated rings. The predicted octanol–water partition coefficient (Wildman–Crippen LogP) is 6.37. The highest BCUT2D eigenvalue weighted by Crippen LogP contribution is 2.38. The Balaban J connectivity index is 0.793. The number of piperidine rings is 1. The van der Waals surface area contributed by atoms with Gasteiger partial charge in [0.15, 0.2) is 6.29 Å². The van der Waals surface area contributed by atoms with Gasteiger partial charge >= 0.3 is 0 Å². The number of hydrogen-bond acceptors (Lipinski definition) is 12. The Morgan fingerprint density at radius 2 is 1.54 bits per heavy atom. The third kappa shape index (κ3) is 10.1. The molecule has 9 rings (SSSR count). The van der Waals surface area contributed by atoms with Gasteiger partial charge in [0.1, 0.15) is 11.8 Å². The number of carbonyl (C=O) groups is 5. The van der Waals surface area contributed by atoms with E-state index in [1.165, 1.54) is 0 Å². The molecule has 16 heteroatoms. The summed E-state index contributed by atoms with van der Waals surface area (Å²) in [6, 6.07) is 24.7. The average molecular weight is 938 g/mol. The lowest BCUT2D eigenvalue weighted by atomic mass is 9.98. The van der Waals surface area contributed by atoms with Crippen LogP contribution in [0.4, 0.5) is 5.69 Å². The van der Waals surface area contributed by atoms with Crippen LogP contribution >= 0.6 is 0 Å². The molecule has 2 aromatic heterocycles. The number of amides is 4. The lowest BCUT2D eigenvalue weighted by Gasteiger charge is -2.27. The Bertz CT molecular complexity index is 2880. The van der Waals surface area contributed by atoms with Gasteiger partial charge in [0, 0.05) is 85.6 Å². The number of aromatic nitrogens is 3. The number of benzene rings is 4. The summed E-state index contributed by atoms with van der Waals surface area (Å²) in [5.41, 5.74) is 7.81. The molecule has 0 bridgehead atoms. The van der Waals surface area contributed by atoms with E-state index in [0.29, 0.717) is 83.7 Å². The fourth-order valence-corrected chi connectivity index (χ4v) is 10.0. The standard InChI is InChI=1S/C53H59N7O9/c1-35-48(36(2)59(56-35)22-9-27-66-32-33-67-29-21-54-43-17-7-15-42-49(43)53(65)60(52(42)64)44-19-20-47(62)55-51(44)63)41-14-6-13-40-39(16-8-28-69-46-18-5-11-37-10-3-4-12-38(37)46)45(34-61)58(50(40)41)24-23-57-25-30-68-31-26-57/h3-7,10-15,17-18,34,44,54H,8-9,16,19-33H2,1-2H3,(H,55,62,63). The molecule has 6 aromatic rings. The molecule has 4 aromatic carbocycles. The summed E-state index contributed by atoms with van der Waals surface area (Å²) in [6.45, 7) is 12.0. The smallest absolute Gasteiger partial charge is 0.264 e. The molecule has 1 unspecified atom stereocenters. The second kappa shape index (κ2) is 21.7. The average Bonchev–Trinajstić information content (AvgIpc) is 3.93. The van der Waals surface area contributed by atoms with E-state index in [4.69, 9.17) is 24.0 Å². The first-order valence-electron chi connectivity index (χ1n) is 24.0. The van der Waals surface area contributed by atoms with Crippen LogP contribution in [0.15, 0.2) is 78.9 Å². The van der Waals surface area contributed by atoms with Gasteiger partial charge in [-0.25, -0.2) is 0 Å². The number of imide groups is 2. The molecule has 1 atom stereocenters. The van der Waals surface area contributed by atoms with Crippen molar-refractivity contribution < 1.29 is 42.9 Å². The summed E-state index contributed by atoms with van der Waals surface area (Å²) in [5.74, 6) is -1.31. The van der Waals surface area contributed by atoms with Gasteiger partial charge in [0.2, 0.25) is 11.8 Å². The Hall–Kier alpha value is -6.72. The SMILES string of the molecule is Cc1nn(CCCOCCOCCNc2cccc3c2C(=O)N(C2CCC(=O)NC2=O)C3=O)c(C)c1-c1cccc2c(CCCOc3cccc4ccccc34)c(C=O)n(CCN3CCOCC3)c12. The van der Waals surface area contributed by atoms with Crippen LogP contribution in [-0.4, -0.2) is 133 Å². The van der Waals surface area contributed by atoms with Crippen LogP contribution in [-0.2, 0) is 43.3 Å². The van der Waals surface area contributed by atoms with Gasteiger partial charge in [-0.15, -0.1) is 0 Å². The second-order valence-corrected chi connectivity index (χ2v) is 17.7. The van der Waals surface area contributed by atoms with Gasteiger partial charge in [-0.3, -0.25) is 43.8 Å². The number of hydrogen-bond donors (Lipinski definition) is 2. The van der Waals surface area contributed by atoms with E-state index < -0.39 is 29.7 Å². The molecule has 16 nitrogen and oxygen atoms in total. The van der Waals surface area contributed by atoms with E-state index in [2.05, 4.69) is 63.4 Å². The molecular formula is C53H59N7O9. The third-order valence-electron chi connectivity index (χ3n) is 13.4. The van der Waals surface area contributed by atoms with E-state index in [-0.39, 0.29) is 24.0 Å². The first-order chi connectivity index (χ1) is 33.7. The fraction of sp³-hybridized carbons (Fsp3) is 0.396. The molecule has 69 heavy (non-hydrogen) atoms. The normalized spacial score (nSPS) is 16.4. The maximum atomic E-state index is 13.4. The van der Waals surface area contributed by atoms with Crippen LogP contribution in [0.1, 0.15) is 73.8 Å². The van der Waals surface area contributed by atoms with Crippen molar-refractivity contribution in [2.45, 2.75) is 65.1 Å². The first-order valence-corrected chi connectivity index (χ1v) is 24.0. The molecule has 360 valence electrons. The molecule has 0 radical (unpaired) electrons. The van der Waals surface area contributed by atoms with Crippen molar-refractivity contribution in [1.29, 1.82) is 0 Å². The number of para-hydroxylation sites is 1. The first kappa shape index (κ1) is 47.4. The number of anilines is 1. The Morgan fingerprint density at radius 3 is 2.36 bits per heavy atom. The summed E-state index contributed by atoms with van der Waals surface area (Å²) >= 11 is 0. The van der Waals surface area contributed by atoms with Crippen LogP contribution < -0.4 is 15.4 Å². The zero-order valence-corrected chi connectivity index (χ0v) is 39.3. The lowest BCUT2D eigenvalue weighted by molar-refractivity contribution is -0.136. The number of aryl methyl sites for hydroxylation is 3. The number of fused-ring (bicyclic) bond motifs is 3. The summed E-state index contributed by atoms with van der Waals surface area (Å²) in [5, 5.41) is 13.7. The minimum atomic E-state index is -1.02. The number of ether oxygens (including phenoxy) is 4. The maximum absolute atomic E-state index is 13.4. The topological polar surface area (TPSA) is 176 Å². The van der Waals surface area contributed by atoms with Crippen LogP contribution in [0.5, 0.6) is 5.75 Å². The van der Waals surface area contributed by atoms with E-state index in [1.54, 1.807) is 18.2 Å². The third-order valence-corrected chi connectivity index (χ3v) is 13.4. The highest BCUT2D eigenvalue weighted by Gasteiger charge is 2.45. The molecule has 5 heterocycles. The molecule has 2 saturated heterocycles. The number of nitrogens with one attached hydrogen (secondary N) is 2. The van der Waals surface area contributed by atoms with Crippen LogP contribution in [0, 0.1) is 13.8 Å². The van der Waals surface area contributed by atoms with Crippen molar-refractivity contribution >= 4 is 57.3 Å². The predicted molar refractivity (Wildman–Crippen MR) is 261 cm³/mol. The van der Waals surface area contributed by atoms with Gasteiger partial charge in [-0.1, -0.05) is 60.7 Å². The number of carbonyl (C=O) groups excluding carboxylic acids is 5. The van der Waals surface area contributed by atoms with Crippen molar-refractivity contribution in [3.63, 3.8) is 0 Å². The number of aldehydes is 1. The minimum Gasteiger partial charge on any atom is -0.493 e. The van der Waals surface area contributed by atoms with Gasteiger partial charge in [-0.05, 0) is 68.7 Å². The van der Waals surface area contributed by atoms with Crippen molar-refractivity contribution in [3.05, 3.63) is 113 Å². The van der Waals surface area contributed by atoms with Crippen molar-refractivity contribution in [3.8, 4) is 16.9 Å². The molecule has 3 aliphatic heterocycles. The molecule has 0 aliphatic carbocycles. The van der Waals surface area contributed by atoms with Crippen LogP contribution in [0.3, 0.4) is 0 Å². The van der Waals surface area contributed by atoms with Gasteiger partial charge in [0.05, 0.1) is 67.7 Å². The highest BCUT2D eigenvalue weighted by atomic mass is 16.5. The van der Waals surface area contributed by atoms with Gasteiger partial charge in [-0.2, -0.15) is 5.10 Å². The highest BCUT2D eigenvalue weighted by molar-refractivity contribution is 6.25. The Labute approximate surface area is 400 Å². The van der Waals surface area contributed by atoms with Crippen molar-refractivity contribution in [2.75, 3.05) is 77.7 Å². The lowest BCUT2D eigenvalue weighted by Crippen LogP contribution is -2.54. The van der Waals surface area contributed by atoms with Gasteiger partial charge < -0.3 is 28.8 Å². The molecule has 3 aliphatic rings. The van der Waals surface area contributed by atoms with Crippen LogP contribution in [0.2, 0.25) is 0 Å². The van der Waals surface area contributed by atoms with Crippen molar-refractivity contribution in [1.82, 2.24) is 29.5 Å². The van der Waals surface area contributed by atoms with Crippen molar-refractivity contribution in [2.24, 2.45) is 0 Å². The van der Waals surface area contributed by atoms with Crippen LogP contribution in [0.25, 0.3) is 32.8 Å². The quantitative estimate of drug-likeness (QED) is 0.0438. The monoisotopic (exact) mass is 937 g/mol. The molecular weight excluding hydrogens is 879 g/mol. The number of morpholine rings is 1. The Kier molecular flexibility index (Phi) is 14.9. The zero-order chi connectivity index (χ0) is 47.9. The summed E-state index contributed by atoms with van der Waals surface area (Å²) in [7, 11) is 0. The van der Waals surface area contributed by atoms with E-state index in [9.17, 15) is 24.0 Å². The zero-order valence-electron chi connectivity index (χ0n) is 39.3. The molecule has 0 spiro atoms. The summed E-state index contributed by atoms with van der Waals surface area (Å²) < 4.78 is 28.0. The van der Waals surface area contributed by atoms with E-state index in [0.717, 1.165) is 99.2 Å². The maximum Gasteiger partial charge on any atom is 0.264 e. The van der Waals surface area contributed by atoms with Gasteiger partial charge in [0.25, 0.3) is 11.8 Å². The summed E-state index contributed by atoms with van der Waals surface area (Å²) in [6.07, 6.45) is 3.36. The largest absolute Gasteiger partial charge is 0.493 e. The second-order valence-electron chi connectivity index (χ2n) is 17.7. The number of nitrogens with zero attached hydrogens (tertiary/aromatic N) is 5. The molecule has 0 saturated carbocycles. The molecule has 2 N–H and O–H groups in total. The fourth-order valence-electron chi connectivity index (χ4n) is 10.0. The Morgan fingerprint density at radius 1 is 0.783 bits per heavy atom.